The van der Waals surface area contributed by atoms with Crippen molar-refractivity contribution in [3.8, 4) is 11.5 Å². The van der Waals surface area contributed by atoms with Gasteiger partial charge in [-0.15, -0.1) is 0 Å². The van der Waals surface area contributed by atoms with Crippen molar-refractivity contribution in [3.63, 3.8) is 0 Å². The molecule has 1 unspecified atom stereocenters. The number of amides is 1. The van der Waals surface area contributed by atoms with Crippen LogP contribution in [0.15, 0.2) is 36.7 Å². The number of ether oxygens (including phenoxy) is 2. The van der Waals surface area contributed by atoms with Crippen molar-refractivity contribution in [1.82, 2.24) is 10.3 Å². The van der Waals surface area contributed by atoms with Crippen molar-refractivity contribution in [1.29, 1.82) is 0 Å². The SMILES string of the molecule is O=C(NC1CCS(=O)(=O)C1)c1cncc(Nc2ccc3c(c2)OCO3)c1. The number of aromatic nitrogens is 1. The molecule has 1 aromatic heterocycles. The third-order valence-corrected chi connectivity index (χ3v) is 6.00. The Kier molecular flexibility index (Phi) is 4.15. The van der Waals surface area contributed by atoms with E-state index in [1.807, 2.05) is 6.07 Å². The summed E-state index contributed by atoms with van der Waals surface area (Å²) in [7, 11) is -3.04. The fourth-order valence-corrected chi connectivity index (χ4v) is 4.62. The van der Waals surface area contributed by atoms with E-state index in [4.69, 9.17) is 9.47 Å². The lowest BCUT2D eigenvalue weighted by Crippen LogP contribution is -2.35. The Morgan fingerprint density at radius 3 is 2.77 bits per heavy atom. The maximum Gasteiger partial charge on any atom is 0.253 e. The topological polar surface area (TPSA) is 107 Å². The third kappa shape index (κ3) is 3.57. The number of nitrogens with one attached hydrogen (secondary N) is 2. The first-order chi connectivity index (χ1) is 12.5. The number of benzene rings is 1. The number of carbonyl (C=O) groups is 1. The second-order valence-electron chi connectivity index (χ2n) is 6.23. The number of hydrogen-bond donors (Lipinski definition) is 2. The fraction of sp³-hybridized carbons (Fsp3) is 0.294. The molecule has 1 fully saturated rings. The van der Waals surface area contributed by atoms with Gasteiger partial charge >= 0.3 is 0 Å². The van der Waals surface area contributed by atoms with Crippen LogP contribution >= 0.6 is 0 Å². The molecule has 2 aliphatic rings. The largest absolute Gasteiger partial charge is 0.454 e. The molecule has 0 saturated carbocycles. The number of hydrogen-bond acceptors (Lipinski definition) is 7. The highest BCUT2D eigenvalue weighted by Crippen LogP contribution is 2.35. The Morgan fingerprint density at radius 1 is 1.12 bits per heavy atom. The van der Waals surface area contributed by atoms with Gasteiger partial charge in [0, 0.05) is 24.0 Å². The van der Waals surface area contributed by atoms with Gasteiger partial charge in [-0.05, 0) is 24.6 Å². The number of carbonyl (C=O) groups excluding carboxylic acids is 1. The number of fused-ring (bicyclic) bond motifs is 1. The van der Waals surface area contributed by atoms with Crippen molar-refractivity contribution >= 4 is 27.1 Å². The molecular formula is C17H17N3O5S. The minimum Gasteiger partial charge on any atom is -0.454 e. The van der Waals surface area contributed by atoms with E-state index in [2.05, 4.69) is 15.6 Å². The number of anilines is 2. The number of pyridine rings is 1. The van der Waals surface area contributed by atoms with Gasteiger partial charge in [-0.1, -0.05) is 0 Å². The molecule has 0 aliphatic carbocycles. The lowest BCUT2D eigenvalue weighted by molar-refractivity contribution is 0.0941. The molecule has 136 valence electrons. The molecule has 1 atom stereocenters. The highest BCUT2D eigenvalue weighted by Gasteiger charge is 2.29. The summed E-state index contributed by atoms with van der Waals surface area (Å²) in [6.45, 7) is 0.201. The summed E-state index contributed by atoms with van der Waals surface area (Å²) in [5, 5.41) is 5.92. The summed E-state index contributed by atoms with van der Waals surface area (Å²) in [5.74, 6) is 1.10. The first-order valence-electron chi connectivity index (χ1n) is 8.11. The summed E-state index contributed by atoms with van der Waals surface area (Å²) in [6, 6.07) is 6.76. The molecule has 3 heterocycles. The monoisotopic (exact) mass is 375 g/mol. The summed E-state index contributed by atoms with van der Waals surface area (Å²) in [5.41, 5.74) is 1.77. The molecule has 9 heteroatoms. The maximum absolute atomic E-state index is 12.4. The molecule has 0 radical (unpaired) electrons. The van der Waals surface area contributed by atoms with Crippen LogP contribution in [0.5, 0.6) is 11.5 Å². The maximum atomic E-state index is 12.4. The normalized spacial score (nSPS) is 19.9. The predicted molar refractivity (Wildman–Crippen MR) is 94.6 cm³/mol. The summed E-state index contributed by atoms with van der Waals surface area (Å²) < 4.78 is 33.6. The zero-order valence-electron chi connectivity index (χ0n) is 13.8. The molecule has 1 aromatic carbocycles. The van der Waals surface area contributed by atoms with E-state index in [0.717, 1.165) is 5.69 Å². The van der Waals surface area contributed by atoms with Crippen LogP contribution in [0.25, 0.3) is 0 Å². The molecular weight excluding hydrogens is 358 g/mol. The van der Waals surface area contributed by atoms with E-state index in [9.17, 15) is 13.2 Å². The molecule has 2 aliphatic heterocycles. The Bertz CT molecular complexity index is 961. The van der Waals surface area contributed by atoms with Crippen molar-refractivity contribution in [2.75, 3.05) is 23.6 Å². The molecule has 8 nitrogen and oxygen atoms in total. The van der Waals surface area contributed by atoms with Crippen molar-refractivity contribution in [3.05, 3.63) is 42.2 Å². The second-order valence-corrected chi connectivity index (χ2v) is 8.46. The summed E-state index contributed by atoms with van der Waals surface area (Å²) >= 11 is 0. The van der Waals surface area contributed by atoms with Gasteiger partial charge in [0.1, 0.15) is 0 Å². The van der Waals surface area contributed by atoms with Crippen LogP contribution in [0.3, 0.4) is 0 Å². The van der Waals surface area contributed by atoms with Crippen molar-refractivity contribution < 1.29 is 22.7 Å². The first-order valence-corrected chi connectivity index (χ1v) is 9.94. The number of nitrogens with zero attached hydrogens (tertiary/aromatic N) is 1. The number of rotatable bonds is 4. The van der Waals surface area contributed by atoms with Gasteiger partial charge < -0.3 is 20.1 Å². The van der Waals surface area contributed by atoms with Gasteiger partial charge in [0.2, 0.25) is 6.79 Å². The lowest BCUT2D eigenvalue weighted by atomic mass is 10.2. The van der Waals surface area contributed by atoms with Crippen LogP contribution in [0.4, 0.5) is 11.4 Å². The number of sulfone groups is 1. The quantitative estimate of drug-likeness (QED) is 0.833. The van der Waals surface area contributed by atoms with Crippen LogP contribution in [0, 0.1) is 0 Å². The molecule has 2 N–H and O–H groups in total. The van der Waals surface area contributed by atoms with Crippen LogP contribution in [-0.4, -0.2) is 43.6 Å². The van der Waals surface area contributed by atoms with Crippen LogP contribution < -0.4 is 20.1 Å². The minimum atomic E-state index is -3.04. The van der Waals surface area contributed by atoms with E-state index in [1.165, 1.54) is 6.20 Å². The predicted octanol–water partition coefficient (Wildman–Crippen LogP) is 1.47. The average Bonchev–Trinajstić information content (AvgIpc) is 3.20. The van der Waals surface area contributed by atoms with Crippen LogP contribution in [0.2, 0.25) is 0 Å². The fourth-order valence-electron chi connectivity index (χ4n) is 2.95. The van der Waals surface area contributed by atoms with Gasteiger partial charge in [0.05, 0.1) is 29.0 Å². The Hall–Kier alpha value is -2.81. The standard InChI is InChI=1S/C17H17N3O5S/c21-17(20-13-3-4-26(22,23)9-13)11-5-14(8-18-7-11)19-12-1-2-15-16(6-12)25-10-24-15/h1-2,5-8,13,19H,3-4,9-10H2,(H,20,21). The van der Waals surface area contributed by atoms with E-state index >= 15 is 0 Å². The van der Waals surface area contributed by atoms with Gasteiger partial charge in [-0.3, -0.25) is 9.78 Å². The molecule has 0 bridgehead atoms. The van der Waals surface area contributed by atoms with Gasteiger partial charge in [-0.25, -0.2) is 8.42 Å². The Balaban J connectivity index is 1.45. The second kappa shape index (κ2) is 6.49. The van der Waals surface area contributed by atoms with E-state index < -0.39 is 9.84 Å². The van der Waals surface area contributed by atoms with Crippen LogP contribution in [-0.2, 0) is 9.84 Å². The summed E-state index contributed by atoms with van der Waals surface area (Å²) in [4.78, 5) is 16.4. The van der Waals surface area contributed by atoms with Crippen molar-refractivity contribution in [2.24, 2.45) is 0 Å². The first kappa shape index (κ1) is 16.6. The van der Waals surface area contributed by atoms with Crippen molar-refractivity contribution in [2.45, 2.75) is 12.5 Å². The highest BCUT2D eigenvalue weighted by molar-refractivity contribution is 7.91. The lowest BCUT2D eigenvalue weighted by Gasteiger charge is -2.12. The van der Waals surface area contributed by atoms with Gasteiger partial charge in [0.25, 0.3) is 5.91 Å². The van der Waals surface area contributed by atoms with Gasteiger partial charge in [0.15, 0.2) is 21.3 Å². The molecule has 2 aromatic rings. The highest BCUT2D eigenvalue weighted by atomic mass is 32.2. The summed E-state index contributed by atoms with van der Waals surface area (Å²) in [6.07, 6.45) is 3.49. The smallest absolute Gasteiger partial charge is 0.253 e. The molecule has 0 spiro atoms. The zero-order chi connectivity index (χ0) is 18.1. The molecule has 26 heavy (non-hydrogen) atoms. The van der Waals surface area contributed by atoms with E-state index in [1.54, 1.807) is 24.4 Å². The van der Waals surface area contributed by atoms with E-state index in [0.29, 0.717) is 29.2 Å². The molecule has 1 saturated heterocycles. The third-order valence-electron chi connectivity index (χ3n) is 4.23. The molecule has 1 amide bonds. The Morgan fingerprint density at radius 2 is 1.96 bits per heavy atom. The van der Waals surface area contributed by atoms with Gasteiger partial charge in [-0.2, -0.15) is 0 Å². The molecule has 4 rings (SSSR count). The average molecular weight is 375 g/mol. The van der Waals surface area contributed by atoms with E-state index in [-0.39, 0.29) is 30.2 Å². The van der Waals surface area contributed by atoms with Crippen LogP contribution in [0.1, 0.15) is 16.8 Å². The minimum absolute atomic E-state index is 0.0126. The Labute approximate surface area is 150 Å². The zero-order valence-corrected chi connectivity index (χ0v) is 14.6.